The van der Waals surface area contributed by atoms with Crippen molar-refractivity contribution >= 4 is 28.4 Å². The summed E-state index contributed by atoms with van der Waals surface area (Å²) in [7, 11) is 0. The van der Waals surface area contributed by atoms with Crippen molar-refractivity contribution in [3.63, 3.8) is 0 Å². The number of aromatic amines is 1. The van der Waals surface area contributed by atoms with E-state index in [1.54, 1.807) is 24.7 Å². The minimum atomic E-state index is -1.36. The van der Waals surface area contributed by atoms with Crippen LogP contribution in [0, 0.1) is 17.5 Å². The number of carbonyl (C=O) groups excluding carboxylic acids is 2. The van der Waals surface area contributed by atoms with Crippen LogP contribution in [-0.2, 0) is 0 Å². The minimum absolute atomic E-state index is 0.0239. The van der Waals surface area contributed by atoms with Crippen LogP contribution in [0.4, 0.5) is 18.9 Å². The molecule has 5 rings (SSSR count). The van der Waals surface area contributed by atoms with Crippen LogP contribution in [0.15, 0.2) is 73.2 Å². The van der Waals surface area contributed by atoms with Gasteiger partial charge in [0.1, 0.15) is 5.82 Å². The molecule has 7 nitrogen and oxygen atoms in total. The van der Waals surface area contributed by atoms with Crippen molar-refractivity contribution < 1.29 is 22.8 Å². The summed E-state index contributed by atoms with van der Waals surface area (Å²) in [6.07, 6.45) is 4.74. The second-order valence-corrected chi connectivity index (χ2v) is 7.56. The molecule has 0 fully saturated rings. The second kappa shape index (κ2) is 8.82. The van der Waals surface area contributed by atoms with E-state index in [-0.39, 0.29) is 16.8 Å². The highest BCUT2D eigenvalue weighted by Gasteiger charge is 2.21. The van der Waals surface area contributed by atoms with Crippen LogP contribution in [0.3, 0.4) is 0 Å². The third kappa shape index (κ3) is 4.36. The van der Waals surface area contributed by atoms with Crippen LogP contribution in [0.1, 0.15) is 26.3 Å². The molecular weight excluding hydrogens is 459 g/mol. The fourth-order valence-corrected chi connectivity index (χ4v) is 3.50. The van der Waals surface area contributed by atoms with Crippen molar-refractivity contribution in [2.75, 3.05) is 5.32 Å². The molecule has 0 atom stereocenters. The number of nitrogens with zero attached hydrogens (tertiary/aromatic N) is 3. The molecule has 1 amide bonds. The molecule has 0 aliphatic heterocycles. The molecule has 172 valence electrons. The van der Waals surface area contributed by atoms with E-state index in [0.717, 1.165) is 24.3 Å². The molecule has 0 saturated heterocycles. The second-order valence-electron chi connectivity index (χ2n) is 7.56. The fourth-order valence-electron chi connectivity index (χ4n) is 3.50. The average molecular weight is 473 g/mol. The highest BCUT2D eigenvalue weighted by atomic mass is 19.2. The van der Waals surface area contributed by atoms with Crippen LogP contribution in [0.25, 0.3) is 22.3 Å². The number of H-pyrrole nitrogens is 1. The van der Waals surface area contributed by atoms with Gasteiger partial charge in [-0.05, 0) is 42.5 Å². The molecule has 0 unspecified atom stereocenters. The Labute approximate surface area is 195 Å². The first-order valence-corrected chi connectivity index (χ1v) is 10.3. The number of amides is 1. The highest BCUT2D eigenvalue weighted by Crippen LogP contribution is 2.24. The summed E-state index contributed by atoms with van der Waals surface area (Å²) < 4.78 is 42.3. The van der Waals surface area contributed by atoms with Crippen molar-refractivity contribution in [3.8, 4) is 11.3 Å². The lowest BCUT2D eigenvalue weighted by atomic mass is 10.0. The number of fused-ring (bicyclic) bond motifs is 1. The molecule has 35 heavy (non-hydrogen) atoms. The van der Waals surface area contributed by atoms with Gasteiger partial charge in [0.05, 0.1) is 34.7 Å². The number of ketones is 1. The van der Waals surface area contributed by atoms with Gasteiger partial charge in [-0.3, -0.25) is 19.7 Å². The topological polar surface area (TPSA) is 101 Å². The third-order valence-corrected chi connectivity index (χ3v) is 5.22. The molecule has 3 aromatic carbocycles. The smallest absolute Gasteiger partial charge is 0.255 e. The van der Waals surface area contributed by atoms with Crippen molar-refractivity contribution in [2.24, 2.45) is 0 Å². The summed E-state index contributed by atoms with van der Waals surface area (Å²) >= 11 is 0. The van der Waals surface area contributed by atoms with Gasteiger partial charge in [0.2, 0.25) is 0 Å². The van der Waals surface area contributed by atoms with Crippen molar-refractivity contribution in [2.45, 2.75) is 0 Å². The van der Waals surface area contributed by atoms with Crippen molar-refractivity contribution in [3.05, 3.63) is 107 Å². The first kappa shape index (κ1) is 22.0. The quantitative estimate of drug-likeness (QED) is 0.353. The first-order chi connectivity index (χ1) is 16.9. The van der Waals surface area contributed by atoms with E-state index < -0.39 is 34.7 Å². The number of hydrogen-bond acceptors (Lipinski definition) is 5. The zero-order chi connectivity index (χ0) is 24.5. The average Bonchev–Trinajstić information content (AvgIpc) is 3.40. The van der Waals surface area contributed by atoms with Gasteiger partial charge in [0, 0.05) is 34.6 Å². The summed E-state index contributed by atoms with van der Waals surface area (Å²) in [5, 5.41) is 8.89. The summed E-state index contributed by atoms with van der Waals surface area (Å²) in [4.78, 5) is 34.2. The predicted molar refractivity (Wildman–Crippen MR) is 121 cm³/mol. The number of aromatic nitrogens is 4. The zero-order valence-corrected chi connectivity index (χ0v) is 17.7. The summed E-state index contributed by atoms with van der Waals surface area (Å²) in [5.41, 5.74) is 1.33. The number of anilines is 1. The van der Waals surface area contributed by atoms with Crippen LogP contribution in [0.5, 0.6) is 0 Å². The number of rotatable bonds is 5. The Kier molecular flexibility index (Phi) is 5.54. The normalized spacial score (nSPS) is 10.9. The van der Waals surface area contributed by atoms with Gasteiger partial charge in [-0.15, -0.1) is 0 Å². The number of hydrogen-bond donors (Lipinski definition) is 2. The summed E-state index contributed by atoms with van der Waals surface area (Å²) in [6, 6.07) is 11.0. The molecule has 5 aromatic rings. The Bertz CT molecular complexity index is 1600. The number of carbonyl (C=O) groups is 2. The lowest BCUT2D eigenvalue weighted by molar-refractivity contribution is 0.101. The highest BCUT2D eigenvalue weighted by molar-refractivity contribution is 6.11. The van der Waals surface area contributed by atoms with Crippen LogP contribution < -0.4 is 5.32 Å². The van der Waals surface area contributed by atoms with Gasteiger partial charge in [-0.25, -0.2) is 18.2 Å². The van der Waals surface area contributed by atoms with Gasteiger partial charge < -0.3 is 5.32 Å². The molecule has 0 aliphatic carbocycles. The van der Waals surface area contributed by atoms with Crippen LogP contribution in [-0.4, -0.2) is 31.9 Å². The third-order valence-electron chi connectivity index (χ3n) is 5.22. The van der Waals surface area contributed by atoms with E-state index in [1.807, 2.05) is 0 Å². The predicted octanol–water partition coefficient (Wildman–Crippen LogP) is 4.92. The Hall–Kier alpha value is -4.86. The van der Waals surface area contributed by atoms with Crippen molar-refractivity contribution in [1.82, 2.24) is 20.2 Å². The molecule has 0 saturated carbocycles. The van der Waals surface area contributed by atoms with Crippen LogP contribution >= 0.6 is 0 Å². The van der Waals surface area contributed by atoms with E-state index in [4.69, 9.17) is 0 Å². The Morgan fingerprint density at radius 2 is 1.74 bits per heavy atom. The number of halogens is 3. The molecule has 2 N–H and O–H groups in total. The number of benzene rings is 3. The molecule has 2 heterocycles. The molecule has 0 spiro atoms. The lowest BCUT2D eigenvalue weighted by Gasteiger charge is -2.10. The Balaban J connectivity index is 1.48. The van der Waals surface area contributed by atoms with Gasteiger partial charge >= 0.3 is 0 Å². The van der Waals surface area contributed by atoms with E-state index in [1.165, 1.54) is 24.3 Å². The van der Waals surface area contributed by atoms with Gasteiger partial charge in [-0.2, -0.15) is 5.10 Å². The molecule has 0 bridgehead atoms. The molecule has 10 heteroatoms. The number of nitrogens with one attached hydrogen (secondary N) is 2. The van der Waals surface area contributed by atoms with E-state index in [0.29, 0.717) is 22.3 Å². The molecule has 0 radical (unpaired) electrons. The van der Waals surface area contributed by atoms with Gasteiger partial charge in [-0.1, -0.05) is 6.07 Å². The fraction of sp³-hybridized carbons (Fsp3) is 0. The maximum absolute atomic E-state index is 14.6. The van der Waals surface area contributed by atoms with Crippen molar-refractivity contribution in [1.29, 1.82) is 0 Å². The standard InChI is InChI=1S/C25H14F3N5O2/c26-16-3-1-2-14(6-16)25(35)32-17-8-18(23(28)19(27)9-17)24(34)13-4-5-20-21(7-13)33-22(12-29-20)15-10-30-31-11-15/h1-12H,(H,30,31)(H,32,35). The maximum atomic E-state index is 14.6. The van der Waals surface area contributed by atoms with Gasteiger partial charge in [0.15, 0.2) is 17.4 Å². The minimum Gasteiger partial charge on any atom is -0.322 e. The largest absolute Gasteiger partial charge is 0.322 e. The Morgan fingerprint density at radius 3 is 2.51 bits per heavy atom. The van der Waals surface area contributed by atoms with Crippen LogP contribution in [0.2, 0.25) is 0 Å². The van der Waals surface area contributed by atoms with E-state index >= 15 is 0 Å². The summed E-state index contributed by atoms with van der Waals surface area (Å²) in [5.74, 6) is -4.89. The molecule has 0 aliphatic rings. The Morgan fingerprint density at radius 1 is 0.886 bits per heavy atom. The maximum Gasteiger partial charge on any atom is 0.255 e. The molecule has 2 aromatic heterocycles. The van der Waals surface area contributed by atoms with Gasteiger partial charge in [0.25, 0.3) is 5.91 Å². The summed E-state index contributed by atoms with van der Waals surface area (Å²) in [6.45, 7) is 0. The first-order valence-electron chi connectivity index (χ1n) is 10.3. The monoisotopic (exact) mass is 473 g/mol. The van der Waals surface area contributed by atoms with E-state index in [9.17, 15) is 22.8 Å². The van der Waals surface area contributed by atoms with E-state index in [2.05, 4.69) is 25.5 Å². The molecular formula is C25H14F3N5O2. The lowest BCUT2D eigenvalue weighted by Crippen LogP contribution is -2.14. The SMILES string of the molecule is O=C(Nc1cc(F)c(F)c(C(=O)c2ccc3ncc(-c4cn[nH]c4)nc3c2)c1)c1cccc(F)c1. The zero-order valence-electron chi connectivity index (χ0n) is 17.7.